The molecule has 1 aromatic rings. The predicted octanol–water partition coefficient (Wildman–Crippen LogP) is 3.46. The van der Waals surface area contributed by atoms with Crippen LogP contribution in [0.5, 0.6) is 5.75 Å². The fourth-order valence-corrected chi connectivity index (χ4v) is 2.61. The molecule has 0 fully saturated rings. The van der Waals surface area contributed by atoms with Crippen LogP contribution in [0.4, 0.5) is 0 Å². The third kappa shape index (κ3) is 3.27. The summed E-state index contributed by atoms with van der Waals surface area (Å²) >= 11 is 12.2. The van der Waals surface area contributed by atoms with Crippen LogP contribution in [0.15, 0.2) is 12.1 Å². The van der Waals surface area contributed by atoms with Gasteiger partial charge in [-0.25, -0.2) is 0 Å². The van der Waals surface area contributed by atoms with Crippen LogP contribution in [0.25, 0.3) is 0 Å². The molecule has 2 rings (SSSR count). The second-order valence-corrected chi connectivity index (χ2v) is 5.30. The SMILES string of the molecule is COCC(Cl)CCc1cc(Cl)cc2c1OCC2. The first-order chi connectivity index (χ1) is 8.20. The molecule has 1 aliphatic rings. The van der Waals surface area contributed by atoms with Crippen LogP contribution in [0.2, 0.25) is 5.02 Å². The van der Waals surface area contributed by atoms with Crippen molar-refractivity contribution < 1.29 is 9.47 Å². The fourth-order valence-electron chi connectivity index (χ4n) is 2.11. The Morgan fingerprint density at radius 3 is 3.06 bits per heavy atom. The molecule has 1 heterocycles. The Morgan fingerprint density at radius 1 is 1.47 bits per heavy atom. The summed E-state index contributed by atoms with van der Waals surface area (Å²) in [6.07, 6.45) is 2.69. The van der Waals surface area contributed by atoms with E-state index in [9.17, 15) is 0 Å². The number of aryl methyl sites for hydroxylation is 1. The number of halogens is 2. The normalized spacial score (nSPS) is 15.5. The summed E-state index contributed by atoms with van der Waals surface area (Å²) in [7, 11) is 1.66. The van der Waals surface area contributed by atoms with E-state index in [1.807, 2.05) is 12.1 Å². The van der Waals surface area contributed by atoms with Crippen molar-refractivity contribution in [2.75, 3.05) is 20.3 Å². The Morgan fingerprint density at radius 2 is 2.29 bits per heavy atom. The van der Waals surface area contributed by atoms with Gasteiger partial charge in [0.15, 0.2) is 0 Å². The Balaban J connectivity index is 2.05. The number of ether oxygens (including phenoxy) is 2. The van der Waals surface area contributed by atoms with Crippen LogP contribution in [0.1, 0.15) is 17.5 Å². The van der Waals surface area contributed by atoms with Gasteiger partial charge >= 0.3 is 0 Å². The summed E-state index contributed by atoms with van der Waals surface area (Å²) in [6, 6.07) is 3.96. The molecule has 1 atom stereocenters. The molecule has 2 nitrogen and oxygen atoms in total. The summed E-state index contributed by atoms with van der Waals surface area (Å²) in [5.74, 6) is 1.01. The molecule has 0 spiro atoms. The number of hydrogen-bond acceptors (Lipinski definition) is 2. The molecule has 0 saturated carbocycles. The van der Waals surface area contributed by atoms with Gasteiger partial charge in [-0.3, -0.25) is 0 Å². The minimum Gasteiger partial charge on any atom is -0.493 e. The van der Waals surface area contributed by atoms with E-state index in [0.717, 1.165) is 42.2 Å². The Bertz CT molecular complexity index is 393. The van der Waals surface area contributed by atoms with Crippen LogP contribution in [0.3, 0.4) is 0 Å². The average Bonchev–Trinajstić information content (AvgIpc) is 2.74. The average molecular weight is 275 g/mol. The highest BCUT2D eigenvalue weighted by molar-refractivity contribution is 6.30. The Kier molecular flexibility index (Phi) is 4.55. The smallest absolute Gasteiger partial charge is 0.125 e. The van der Waals surface area contributed by atoms with Gasteiger partial charge in [0.25, 0.3) is 0 Å². The van der Waals surface area contributed by atoms with Gasteiger partial charge in [-0.05, 0) is 36.1 Å². The van der Waals surface area contributed by atoms with Crippen molar-refractivity contribution in [2.45, 2.75) is 24.6 Å². The molecule has 1 unspecified atom stereocenters. The van der Waals surface area contributed by atoms with E-state index < -0.39 is 0 Å². The summed E-state index contributed by atoms with van der Waals surface area (Å²) in [4.78, 5) is 0. The zero-order chi connectivity index (χ0) is 12.3. The fraction of sp³-hybridized carbons (Fsp3) is 0.538. The molecule has 0 amide bonds. The van der Waals surface area contributed by atoms with Crippen LogP contribution < -0.4 is 4.74 Å². The van der Waals surface area contributed by atoms with Crippen molar-refractivity contribution in [1.82, 2.24) is 0 Å². The monoisotopic (exact) mass is 274 g/mol. The van der Waals surface area contributed by atoms with Crippen molar-refractivity contribution in [3.63, 3.8) is 0 Å². The molecule has 94 valence electrons. The van der Waals surface area contributed by atoms with Gasteiger partial charge in [0, 0.05) is 18.6 Å². The first-order valence-electron chi connectivity index (χ1n) is 5.78. The summed E-state index contributed by atoms with van der Waals surface area (Å²) in [6.45, 7) is 1.33. The quantitative estimate of drug-likeness (QED) is 0.766. The number of hydrogen-bond donors (Lipinski definition) is 0. The third-order valence-corrected chi connectivity index (χ3v) is 3.46. The lowest BCUT2D eigenvalue weighted by molar-refractivity contribution is 0.195. The maximum absolute atomic E-state index is 6.12. The zero-order valence-electron chi connectivity index (χ0n) is 9.84. The number of alkyl halides is 1. The van der Waals surface area contributed by atoms with E-state index >= 15 is 0 Å². The van der Waals surface area contributed by atoms with E-state index in [1.165, 1.54) is 5.56 Å². The van der Waals surface area contributed by atoms with E-state index in [2.05, 4.69) is 0 Å². The lowest BCUT2D eigenvalue weighted by atomic mass is 10.0. The molecular formula is C13H16Cl2O2. The molecule has 1 aromatic carbocycles. The second kappa shape index (κ2) is 5.94. The van der Waals surface area contributed by atoms with Gasteiger partial charge < -0.3 is 9.47 Å². The topological polar surface area (TPSA) is 18.5 Å². The third-order valence-electron chi connectivity index (χ3n) is 2.90. The molecule has 0 aliphatic carbocycles. The van der Waals surface area contributed by atoms with E-state index in [-0.39, 0.29) is 5.38 Å². The van der Waals surface area contributed by atoms with Gasteiger partial charge in [-0.2, -0.15) is 0 Å². The van der Waals surface area contributed by atoms with Gasteiger partial charge in [-0.1, -0.05) is 11.6 Å². The minimum absolute atomic E-state index is 0.0380. The molecule has 0 bridgehead atoms. The number of methoxy groups -OCH3 is 1. The number of fused-ring (bicyclic) bond motifs is 1. The van der Waals surface area contributed by atoms with Crippen molar-refractivity contribution in [3.05, 3.63) is 28.3 Å². The standard InChI is InChI=1S/C13H16Cl2O2/c1-16-8-11(14)3-2-9-6-12(15)7-10-4-5-17-13(9)10/h6-7,11H,2-5,8H2,1H3. The molecule has 0 aromatic heterocycles. The van der Waals surface area contributed by atoms with E-state index in [0.29, 0.717) is 6.61 Å². The van der Waals surface area contributed by atoms with Crippen molar-refractivity contribution in [1.29, 1.82) is 0 Å². The maximum Gasteiger partial charge on any atom is 0.125 e. The van der Waals surface area contributed by atoms with Gasteiger partial charge in [0.2, 0.25) is 0 Å². The molecule has 17 heavy (non-hydrogen) atoms. The molecule has 0 N–H and O–H groups in total. The van der Waals surface area contributed by atoms with E-state index in [4.69, 9.17) is 32.7 Å². The highest BCUT2D eigenvalue weighted by Crippen LogP contribution is 2.33. The summed E-state index contributed by atoms with van der Waals surface area (Å²) in [5, 5.41) is 0.818. The van der Waals surface area contributed by atoms with Gasteiger partial charge in [-0.15, -0.1) is 11.6 Å². The van der Waals surface area contributed by atoms with Gasteiger partial charge in [0.1, 0.15) is 5.75 Å². The predicted molar refractivity (Wildman–Crippen MR) is 70.5 cm³/mol. The first kappa shape index (κ1) is 13.0. The summed E-state index contributed by atoms with van der Waals surface area (Å²) in [5.41, 5.74) is 2.37. The molecule has 4 heteroatoms. The van der Waals surface area contributed by atoms with Crippen LogP contribution in [-0.2, 0) is 17.6 Å². The Hall–Kier alpha value is -0.440. The highest BCUT2D eigenvalue weighted by Gasteiger charge is 2.18. The van der Waals surface area contributed by atoms with Crippen molar-refractivity contribution >= 4 is 23.2 Å². The van der Waals surface area contributed by atoms with Crippen LogP contribution in [0, 0.1) is 0 Å². The van der Waals surface area contributed by atoms with Crippen molar-refractivity contribution in [3.8, 4) is 5.75 Å². The number of benzene rings is 1. The molecule has 0 radical (unpaired) electrons. The minimum atomic E-state index is 0.0380. The number of rotatable bonds is 5. The zero-order valence-corrected chi connectivity index (χ0v) is 11.4. The molecule has 0 saturated heterocycles. The second-order valence-electron chi connectivity index (χ2n) is 4.24. The van der Waals surface area contributed by atoms with E-state index in [1.54, 1.807) is 7.11 Å². The lowest BCUT2D eigenvalue weighted by Gasteiger charge is -2.11. The van der Waals surface area contributed by atoms with Crippen molar-refractivity contribution in [2.24, 2.45) is 0 Å². The first-order valence-corrected chi connectivity index (χ1v) is 6.59. The largest absolute Gasteiger partial charge is 0.493 e. The van der Waals surface area contributed by atoms with Gasteiger partial charge in [0.05, 0.1) is 18.6 Å². The molecule has 1 aliphatic heterocycles. The maximum atomic E-state index is 6.12. The summed E-state index contributed by atoms with van der Waals surface area (Å²) < 4.78 is 10.7. The lowest BCUT2D eigenvalue weighted by Crippen LogP contribution is -2.08. The Labute approximate surface area is 112 Å². The molecular weight excluding hydrogens is 259 g/mol. The van der Waals surface area contributed by atoms with Crippen LogP contribution >= 0.6 is 23.2 Å². The highest BCUT2D eigenvalue weighted by atomic mass is 35.5. The van der Waals surface area contributed by atoms with Crippen LogP contribution in [-0.4, -0.2) is 25.7 Å².